The van der Waals surface area contributed by atoms with E-state index in [1.165, 1.54) is 6.07 Å². The lowest BCUT2D eigenvalue weighted by Gasteiger charge is -2.15. The molecule has 2 N–H and O–H groups in total. The first-order chi connectivity index (χ1) is 14.5. The molecule has 0 spiro atoms. The molecule has 0 radical (unpaired) electrons. The van der Waals surface area contributed by atoms with Crippen LogP contribution in [0, 0.1) is 6.92 Å². The number of Topliss-reactive ketones (excluding diaryl/α,β-unsaturated/α-hetero) is 1. The van der Waals surface area contributed by atoms with Crippen molar-refractivity contribution in [2.75, 3.05) is 5.32 Å². The van der Waals surface area contributed by atoms with Gasteiger partial charge in [0, 0.05) is 29.4 Å². The average Bonchev–Trinajstić information content (AvgIpc) is 2.73. The second-order valence-electron chi connectivity index (χ2n) is 7.38. The number of ketones is 1. The van der Waals surface area contributed by atoms with Crippen LogP contribution in [-0.2, 0) is 13.0 Å². The third-order valence-electron chi connectivity index (χ3n) is 5.25. The lowest BCUT2D eigenvalue weighted by Crippen LogP contribution is -2.27. The van der Waals surface area contributed by atoms with E-state index in [0.29, 0.717) is 48.6 Å². The Labute approximate surface area is 173 Å². The maximum atomic E-state index is 12.7. The fourth-order valence-electron chi connectivity index (χ4n) is 3.54. The molecule has 1 aliphatic carbocycles. The van der Waals surface area contributed by atoms with Gasteiger partial charge in [-0.05, 0) is 49.1 Å². The SMILES string of the molecule is Cc1ccccc1COc1cccc(NC(=O)c2cc3c([nH]c2=O)CCCC3=O)c1. The van der Waals surface area contributed by atoms with Gasteiger partial charge in [-0.3, -0.25) is 14.4 Å². The van der Waals surface area contributed by atoms with E-state index >= 15 is 0 Å². The Balaban J connectivity index is 1.50. The van der Waals surface area contributed by atoms with Crippen molar-refractivity contribution in [3.05, 3.63) is 92.9 Å². The molecule has 3 aromatic rings. The molecule has 0 fully saturated rings. The summed E-state index contributed by atoms with van der Waals surface area (Å²) in [5, 5.41) is 2.72. The van der Waals surface area contributed by atoms with E-state index in [1.807, 2.05) is 31.2 Å². The second-order valence-corrected chi connectivity index (χ2v) is 7.38. The molecular weight excluding hydrogens is 380 g/mol. The predicted molar refractivity (Wildman–Crippen MR) is 114 cm³/mol. The van der Waals surface area contributed by atoms with Gasteiger partial charge in [-0.25, -0.2) is 0 Å². The zero-order valence-corrected chi connectivity index (χ0v) is 16.7. The molecule has 2 aromatic carbocycles. The number of carbonyl (C=O) groups is 2. The van der Waals surface area contributed by atoms with Crippen molar-refractivity contribution in [1.82, 2.24) is 4.98 Å². The van der Waals surface area contributed by atoms with E-state index in [4.69, 9.17) is 4.74 Å². The van der Waals surface area contributed by atoms with E-state index in [1.54, 1.807) is 24.3 Å². The van der Waals surface area contributed by atoms with Crippen molar-refractivity contribution in [3.8, 4) is 5.75 Å². The Morgan fingerprint density at radius 3 is 2.73 bits per heavy atom. The zero-order chi connectivity index (χ0) is 21.1. The molecule has 4 rings (SSSR count). The molecule has 6 nitrogen and oxygen atoms in total. The Morgan fingerprint density at radius 2 is 1.90 bits per heavy atom. The topological polar surface area (TPSA) is 88.3 Å². The van der Waals surface area contributed by atoms with Gasteiger partial charge in [0.2, 0.25) is 0 Å². The molecule has 0 bridgehead atoms. The van der Waals surface area contributed by atoms with Crippen LogP contribution in [0.4, 0.5) is 5.69 Å². The Bertz CT molecular complexity index is 1180. The Morgan fingerprint density at radius 1 is 1.07 bits per heavy atom. The number of benzene rings is 2. The minimum absolute atomic E-state index is 0.0480. The summed E-state index contributed by atoms with van der Waals surface area (Å²) in [6.45, 7) is 2.44. The van der Waals surface area contributed by atoms with Gasteiger partial charge in [0.1, 0.15) is 17.9 Å². The summed E-state index contributed by atoms with van der Waals surface area (Å²) in [6.07, 6.45) is 1.78. The van der Waals surface area contributed by atoms with Crippen molar-refractivity contribution >= 4 is 17.4 Å². The van der Waals surface area contributed by atoms with E-state index in [-0.39, 0.29) is 11.3 Å². The number of aromatic nitrogens is 1. The molecule has 6 heteroatoms. The maximum absolute atomic E-state index is 12.7. The van der Waals surface area contributed by atoms with Crippen LogP contribution in [0.3, 0.4) is 0 Å². The molecule has 0 saturated carbocycles. The van der Waals surface area contributed by atoms with Gasteiger partial charge in [0.05, 0.1) is 0 Å². The van der Waals surface area contributed by atoms with Gasteiger partial charge in [-0.1, -0.05) is 30.3 Å². The first kappa shape index (κ1) is 19.6. The van der Waals surface area contributed by atoms with Crippen molar-refractivity contribution in [2.24, 2.45) is 0 Å². The summed E-state index contributed by atoms with van der Waals surface area (Å²) in [5.41, 5.74) is 3.20. The van der Waals surface area contributed by atoms with Gasteiger partial charge in [-0.2, -0.15) is 0 Å². The van der Waals surface area contributed by atoms with Crippen LogP contribution >= 0.6 is 0 Å². The first-order valence-electron chi connectivity index (χ1n) is 9.89. The number of anilines is 1. The van der Waals surface area contributed by atoms with Gasteiger partial charge >= 0.3 is 0 Å². The normalized spacial score (nSPS) is 12.9. The van der Waals surface area contributed by atoms with E-state index < -0.39 is 11.5 Å². The number of carbonyl (C=O) groups excluding carboxylic acids is 2. The molecule has 0 aliphatic heterocycles. The zero-order valence-electron chi connectivity index (χ0n) is 16.7. The number of rotatable bonds is 5. The van der Waals surface area contributed by atoms with E-state index in [0.717, 1.165) is 11.1 Å². The molecule has 1 amide bonds. The monoisotopic (exact) mass is 402 g/mol. The quantitative estimate of drug-likeness (QED) is 0.674. The van der Waals surface area contributed by atoms with Crippen LogP contribution in [0.25, 0.3) is 0 Å². The number of nitrogens with one attached hydrogen (secondary N) is 2. The molecule has 0 unspecified atom stereocenters. The molecule has 30 heavy (non-hydrogen) atoms. The fraction of sp³-hybridized carbons (Fsp3) is 0.208. The van der Waals surface area contributed by atoms with Crippen LogP contribution in [0.5, 0.6) is 5.75 Å². The largest absolute Gasteiger partial charge is 0.489 e. The molecule has 1 heterocycles. The number of aryl methyl sites for hydroxylation is 2. The summed E-state index contributed by atoms with van der Waals surface area (Å²) >= 11 is 0. The Kier molecular flexibility index (Phi) is 5.48. The lowest BCUT2D eigenvalue weighted by molar-refractivity contribution is 0.0971. The summed E-state index contributed by atoms with van der Waals surface area (Å²) in [4.78, 5) is 39.8. The predicted octanol–water partition coefficient (Wildman–Crippen LogP) is 4.03. The third kappa shape index (κ3) is 4.17. The summed E-state index contributed by atoms with van der Waals surface area (Å²) in [6, 6.07) is 16.4. The van der Waals surface area contributed by atoms with Gasteiger partial charge in [-0.15, -0.1) is 0 Å². The summed E-state index contributed by atoms with van der Waals surface area (Å²) in [7, 11) is 0. The molecule has 1 aliphatic rings. The number of pyridine rings is 1. The van der Waals surface area contributed by atoms with E-state index in [9.17, 15) is 14.4 Å². The number of amides is 1. The van der Waals surface area contributed by atoms with Gasteiger partial charge in [0.15, 0.2) is 5.78 Å². The number of fused-ring (bicyclic) bond motifs is 1. The number of ether oxygens (including phenoxy) is 1. The smallest absolute Gasteiger partial charge is 0.261 e. The van der Waals surface area contributed by atoms with E-state index in [2.05, 4.69) is 10.3 Å². The van der Waals surface area contributed by atoms with Crippen molar-refractivity contribution in [3.63, 3.8) is 0 Å². The number of hydrogen-bond donors (Lipinski definition) is 2. The first-order valence-corrected chi connectivity index (χ1v) is 9.89. The highest BCUT2D eigenvalue weighted by molar-refractivity contribution is 6.06. The molecular formula is C24H22N2O4. The van der Waals surface area contributed by atoms with Gasteiger partial charge < -0.3 is 15.0 Å². The maximum Gasteiger partial charge on any atom is 0.261 e. The van der Waals surface area contributed by atoms with Crippen molar-refractivity contribution < 1.29 is 14.3 Å². The number of hydrogen-bond acceptors (Lipinski definition) is 4. The average molecular weight is 402 g/mol. The van der Waals surface area contributed by atoms with Gasteiger partial charge in [0.25, 0.3) is 11.5 Å². The van der Waals surface area contributed by atoms with Crippen LogP contribution in [0.2, 0.25) is 0 Å². The minimum atomic E-state index is -0.562. The van der Waals surface area contributed by atoms with Crippen LogP contribution < -0.4 is 15.6 Å². The summed E-state index contributed by atoms with van der Waals surface area (Å²) in [5.74, 6) is -0.00721. The van der Waals surface area contributed by atoms with Crippen LogP contribution in [-0.4, -0.2) is 16.7 Å². The standard InChI is InChI=1S/C24H22N2O4/c1-15-6-2-3-7-16(15)14-30-18-9-4-8-17(12-18)25-23(28)20-13-19-21(26-24(20)29)10-5-11-22(19)27/h2-4,6-9,12-13H,5,10-11,14H2,1H3,(H,25,28)(H,26,29). The van der Waals surface area contributed by atoms with Crippen LogP contribution in [0.15, 0.2) is 59.4 Å². The minimum Gasteiger partial charge on any atom is -0.489 e. The fourth-order valence-corrected chi connectivity index (χ4v) is 3.54. The van der Waals surface area contributed by atoms with Crippen molar-refractivity contribution in [2.45, 2.75) is 32.8 Å². The highest BCUT2D eigenvalue weighted by Crippen LogP contribution is 2.21. The van der Waals surface area contributed by atoms with Crippen molar-refractivity contribution in [1.29, 1.82) is 0 Å². The molecule has 1 aromatic heterocycles. The molecule has 152 valence electrons. The summed E-state index contributed by atoms with van der Waals surface area (Å²) < 4.78 is 5.85. The highest BCUT2D eigenvalue weighted by atomic mass is 16.5. The number of H-pyrrole nitrogens is 1. The second kappa shape index (κ2) is 8.37. The third-order valence-corrected chi connectivity index (χ3v) is 5.25. The van der Waals surface area contributed by atoms with Crippen LogP contribution in [0.1, 0.15) is 50.4 Å². The lowest BCUT2D eigenvalue weighted by atomic mass is 9.93. The number of aromatic amines is 1. The Hall–Kier alpha value is -3.67. The molecule has 0 atom stereocenters. The molecule has 0 saturated heterocycles. The highest BCUT2D eigenvalue weighted by Gasteiger charge is 2.22.